The molecule has 0 fully saturated rings. The topological polar surface area (TPSA) is 38.3 Å². The van der Waals surface area contributed by atoms with Gasteiger partial charge in [0.2, 0.25) is 5.91 Å². The molecule has 1 aromatic rings. The molecule has 1 rings (SSSR count). The van der Waals surface area contributed by atoms with Gasteiger partial charge in [-0.1, -0.05) is 32.9 Å². The van der Waals surface area contributed by atoms with E-state index in [4.69, 9.17) is 4.74 Å². The molecule has 0 saturated carbocycles. The molecule has 0 unspecified atom stereocenters. The fourth-order valence-corrected chi connectivity index (χ4v) is 1.77. The van der Waals surface area contributed by atoms with Gasteiger partial charge in [0.15, 0.2) is 0 Å². The lowest BCUT2D eigenvalue weighted by molar-refractivity contribution is -0.120. The van der Waals surface area contributed by atoms with Crippen LogP contribution in [0.25, 0.3) is 0 Å². The maximum absolute atomic E-state index is 11.7. The van der Waals surface area contributed by atoms with E-state index in [0.717, 1.165) is 24.3 Å². The zero-order valence-electron chi connectivity index (χ0n) is 11.7. The predicted octanol–water partition coefficient (Wildman–Crippen LogP) is 2.89. The highest BCUT2D eigenvalue weighted by Crippen LogP contribution is 2.25. The molecule has 1 amide bonds. The standard InChI is InChI=1S/C15H23NO2/c1-5-8-16-15(17)10-13-7-6-12(11(2)3)9-14(13)18-4/h6-7,9,11H,5,8,10H2,1-4H3,(H,16,17). The van der Waals surface area contributed by atoms with Gasteiger partial charge in [0.05, 0.1) is 13.5 Å². The smallest absolute Gasteiger partial charge is 0.224 e. The van der Waals surface area contributed by atoms with E-state index in [2.05, 4.69) is 25.2 Å². The molecule has 0 atom stereocenters. The number of hydrogen-bond acceptors (Lipinski definition) is 2. The SMILES string of the molecule is CCCNC(=O)Cc1ccc(C(C)C)cc1OC. The van der Waals surface area contributed by atoms with E-state index in [-0.39, 0.29) is 5.91 Å². The van der Waals surface area contributed by atoms with Crippen LogP contribution in [0.5, 0.6) is 5.75 Å². The molecule has 0 aliphatic heterocycles. The number of carbonyl (C=O) groups is 1. The highest BCUT2D eigenvalue weighted by molar-refractivity contribution is 5.79. The minimum atomic E-state index is 0.0486. The maximum atomic E-state index is 11.7. The lowest BCUT2D eigenvalue weighted by Gasteiger charge is -2.12. The Balaban J connectivity index is 2.79. The molecule has 18 heavy (non-hydrogen) atoms. The molecule has 0 aliphatic rings. The average Bonchev–Trinajstić information content (AvgIpc) is 2.36. The van der Waals surface area contributed by atoms with E-state index in [1.54, 1.807) is 7.11 Å². The summed E-state index contributed by atoms with van der Waals surface area (Å²) < 4.78 is 5.36. The van der Waals surface area contributed by atoms with E-state index in [0.29, 0.717) is 12.3 Å². The van der Waals surface area contributed by atoms with Crippen LogP contribution >= 0.6 is 0 Å². The van der Waals surface area contributed by atoms with Crippen molar-refractivity contribution in [1.29, 1.82) is 0 Å². The van der Waals surface area contributed by atoms with E-state index >= 15 is 0 Å². The quantitative estimate of drug-likeness (QED) is 0.842. The average molecular weight is 249 g/mol. The number of methoxy groups -OCH3 is 1. The highest BCUT2D eigenvalue weighted by Gasteiger charge is 2.10. The van der Waals surface area contributed by atoms with Crippen LogP contribution in [0.2, 0.25) is 0 Å². The van der Waals surface area contributed by atoms with Gasteiger partial charge in [-0.2, -0.15) is 0 Å². The number of nitrogens with one attached hydrogen (secondary N) is 1. The lowest BCUT2D eigenvalue weighted by Crippen LogP contribution is -2.25. The summed E-state index contributed by atoms with van der Waals surface area (Å²) >= 11 is 0. The van der Waals surface area contributed by atoms with Crippen LogP contribution < -0.4 is 10.1 Å². The molecule has 3 nitrogen and oxygen atoms in total. The third-order valence-electron chi connectivity index (χ3n) is 2.90. The number of carbonyl (C=O) groups excluding carboxylic acids is 1. The van der Waals surface area contributed by atoms with Gasteiger partial charge in [-0.3, -0.25) is 4.79 Å². The third kappa shape index (κ3) is 4.06. The number of ether oxygens (including phenoxy) is 1. The summed E-state index contributed by atoms with van der Waals surface area (Å²) in [4.78, 5) is 11.7. The Hall–Kier alpha value is -1.51. The van der Waals surface area contributed by atoms with Crippen LogP contribution in [0, 0.1) is 0 Å². The molecule has 0 spiro atoms. The van der Waals surface area contributed by atoms with E-state index in [1.165, 1.54) is 5.56 Å². The minimum Gasteiger partial charge on any atom is -0.496 e. The molecule has 0 bridgehead atoms. The highest BCUT2D eigenvalue weighted by atomic mass is 16.5. The Bertz CT molecular complexity index is 399. The molecule has 100 valence electrons. The van der Waals surface area contributed by atoms with Gasteiger partial charge in [-0.25, -0.2) is 0 Å². The van der Waals surface area contributed by atoms with Crippen molar-refractivity contribution in [3.8, 4) is 5.75 Å². The monoisotopic (exact) mass is 249 g/mol. The van der Waals surface area contributed by atoms with Gasteiger partial charge in [-0.05, 0) is 24.0 Å². The van der Waals surface area contributed by atoms with Crippen molar-refractivity contribution in [2.24, 2.45) is 0 Å². The molecular weight excluding hydrogens is 226 g/mol. The van der Waals surface area contributed by atoms with Crippen LogP contribution in [0.3, 0.4) is 0 Å². The van der Waals surface area contributed by atoms with E-state index in [1.807, 2.05) is 19.1 Å². The summed E-state index contributed by atoms with van der Waals surface area (Å²) in [7, 11) is 1.65. The molecule has 1 aromatic carbocycles. The fraction of sp³-hybridized carbons (Fsp3) is 0.533. The third-order valence-corrected chi connectivity index (χ3v) is 2.90. The lowest BCUT2D eigenvalue weighted by atomic mass is 9.99. The van der Waals surface area contributed by atoms with Crippen molar-refractivity contribution in [1.82, 2.24) is 5.32 Å². The maximum Gasteiger partial charge on any atom is 0.224 e. The van der Waals surface area contributed by atoms with Gasteiger partial charge >= 0.3 is 0 Å². The molecule has 3 heteroatoms. The summed E-state index contributed by atoms with van der Waals surface area (Å²) in [5.41, 5.74) is 2.17. The number of hydrogen-bond donors (Lipinski definition) is 1. The largest absolute Gasteiger partial charge is 0.496 e. The van der Waals surface area contributed by atoms with Crippen LogP contribution in [-0.4, -0.2) is 19.6 Å². The second-order valence-electron chi connectivity index (χ2n) is 4.75. The molecule has 0 heterocycles. The van der Waals surface area contributed by atoms with Crippen molar-refractivity contribution in [3.05, 3.63) is 29.3 Å². The fourth-order valence-electron chi connectivity index (χ4n) is 1.77. The van der Waals surface area contributed by atoms with Crippen LogP contribution in [0.1, 0.15) is 44.2 Å². The van der Waals surface area contributed by atoms with Crippen molar-refractivity contribution in [2.45, 2.75) is 39.5 Å². The first-order chi connectivity index (χ1) is 8.58. The normalized spacial score (nSPS) is 10.5. The van der Waals surface area contributed by atoms with Gasteiger partial charge < -0.3 is 10.1 Å². The van der Waals surface area contributed by atoms with Crippen molar-refractivity contribution < 1.29 is 9.53 Å². The zero-order chi connectivity index (χ0) is 13.5. The molecular formula is C15H23NO2. The summed E-state index contributed by atoms with van der Waals surface area (Å²) in [6, 6.07) is 6.07. The van der Waals surface area contributed by atoms with Gasteiger partial charge in [-0.15, -0.1) is 0 Å². The second-order valence-corrected chi connectivity index (χ2v) is 4.75. The summed E-state index contributed by atoms with van der Waals surface area (Å²) in [6.45, 7) is 7.05. The van der Waals surface area contributed by atoms with E-state index < -0.39 is 0 Å². The predicted molar refractivity (Wildman–Crippen MR) is 74.1 cm³/mol. The molecule has 0 aromatic heterocycles. The summed E-state index contributed by atoms with van der Waals surface area (Å²) in [5.74, 6) is 1.31. The Labute approximate surface area is 110 Å². The van der Waals surface area contributed by atoms with Crippen LogP contribution in [-0.2, 0) is 11.2 Å². The minimum absolute atomic E-state index is 0.0486. The summed E-state index contributed by atoms with van der Waals surface area (Å²) in [6.07, 6.45) is 1.33. The van der Waals surface area contributed by atoms with Crippen LogP contribution in [0.15, 0.2) is 18.2 Å². The van der Waals surface area contributed by atoms with Crippen molar-refractivity contribution in [2.75, 3.05) is 13.7 Å². The Morgan fingerprint density at radius 2 is 2.11 bits per heavy atom. The van der Waals surface area contributed by atoms with Gasteiger partial charge in [0.1, 0.15) is 5.75 Å². The van der Waals surface area contributed by atoms with Crippen LogP contribution in [0.4, 0.5) is 0 Å². The van der Waals surface area contributed by atoms with Gasteiger partial charge in [0.25, 0.3) is 0 Å². The Morgan fingerprint density at radius 1 is 1.39 bits per heavy atom. The Morgan fingerprint density at radius 3 is 2.67 bits per heavy atom. The summed E-state index contributed by atoms with van der Waals surface area (Å²) in [5, 5.41) is 2.88. The molecule has 0 aliphatic carbocycles. The number of benzene rings is 1. The zero-order valence-corrected chi connectivity index (χ0v) is 11.7. The first kappa shape index (κ1) is 14.6. The molecule has 0 radical (unpaired) electrons. The Kier molecular flexibility index (Phi) is 5.69. The number of amides is 1. The van der Waals surface area contributed by atoms with Gasteiger partial charge in [0, 0.05) is 12.1 Å². The van der Waals surface area contributed by atoms with Crippen molar-refractivity contribution >= 4 is 5.91 Å². The number of rotatable bonds is 6. The first-order valence-electron chi connectivity index (χ1n) is 6.52. The van der Waals surface area contributed by atoms with Crippen molar-refractivity contribution in [3.63, 3.8) is 0 Å². The second kappa shape index (κ2) is 7.04. The molecule has 0 saturated heterocycles. The molecule has 1 N–H and O–H groups in total. The van der Waals surface area contributed by atoms with E-state index in [9.17, 15) is 4.79 Å². The first-order valence-corrected chi connectivity index (χ1v) is 6.52.